The number of nitrogens with zero attached hydrogens (tertiary/aromatic N) is 1. The molecule has 1 fully saturated rings. The van der Waals surface area contributed by atoms with Crippen molar-refractivity contribution < 1.29 is 19.1 Å². The third-order valence-corrected chi connectivity index (χ3v) is 3.34. The van der Waals surface area contributed by atoms with Gasteiger partial charge in [0, 0.05) is 18.5 Å². The zero-order valence-electron chi connectivity index (χ0n) is 10.4. The SMILES string of the molecule is O=C(c1coc2ccccc12)N1CCOC(CO)C1. The third-order valence-electron chi connectivity index (χ3n) is 3.34. The number of hydrogen-bond donors (Lipinski definition) is 1. The summed E-state index contributed by atoms with van der Waals surface area (Å²) in [4.78, 5) is 14.2. The van der Waals surface area contributed by atoms with E-state index in [1.54, 1.807) is 4.90 Å². The van der Waals surface area contributed by atoms with Crippen LogP contribution in [-0.2, 0) is 4.74 Å². The lowest BCUT2D eigenvalue weighted by Crippen LogP contribution is -2.46. The number of furan rings is 1. The number of fused-ring (bicyclic) bond motifs is 1. The maximum atomic E-state index is 12.5. The molecule has 1 aromatic heterocycles. The minimum atomic E-state index is -0.295. The van der Waals surface area contributed by atoms with Gasteiger partial charge in [0.05, 0.1) is 24.9 Å². The Labute approximate surface area is 110 Å². The van der Waals surface area contributed by atoms with Gasteiger partial charge < -0.3 is 19.2 Å². The molecule has 1 atom stereocenters. The van der Waals surface area contributed by atoms with E-state index in [1.807, 2.05) is 24.3 Å². The van der Waals surface area contributed by atoms with Crippen LogP contribution in [0.4, 0.5) is 0 Å². The van der Waals surface area contributed by atoms with Gasteiger partial charge in [-0.15, -0.1) is 0 Å². The molecular weight excluding hydrogens is 246 g/mol. The van der Waals surface area contributed by atoms with E-state index in [-0.39, 0.29) is 18.6 Å². The van der Waals surface area contributed by atoms with Crippen LogP contribution in [0.15, 0.2) is 34.9 Å². The Balaban J connectivity index is 1.87. The number of rotatable bonds is 2. The minimum Gasteiger partial charge on any atom is -0.463 e. The number of hydrogen-bond acceptors (Lipinski definition) is 4. The summed E-state index contributed by atoms with van der Waals surface area (Å²) in [5, 5.41) is 9.93. The van der Waals surface area contributed by atoms with E-state index < -0.39 is 0 Å². The molecule has 1 amide bonds. The van der Waals surface area contributed by atoms with Crippen molar-refractivity contribution in [2.24, 2.45) is 0 Å². The first-order valence-corrected chi connectivity index (χ1v) is 6.27. The van der Waals surface area contributed by atoms with Gasteiger partial charge in [-0.3, -0.25) is 4.79 Å². The second kappa shape index (κ2) is 5.03. The Morgan fingerprint density at radius 3 is 3.11 bits per heavy atom. The van der Waals surface area contributed by atoms with Crippen LogP contribution in [-0.4, -0.2) is 48.3 Å². The first kappa shape index (κ1) is 12.2. The van der Waals surface area contributed by atoms with E-state index in [0.717, 1.165) is 5.39 Å². The molecule has 5 nitrogen and oxygen atoms in total. The van der Waals surface area contributed by atoms with Crippen molar-refractivity contribution in [1.82, 2.24) is 4.90 Å². The Bertz CT molecular complexity index is 592. The molecule has 0 saturated carbocycles. The maximum absolute atomic E-state index is 12.5. The molecular formula is C14H15NO4. The van der Waals surface area contributed by atoms with Gasteiger partial charge in [-0.05, 0) is 6.07 Å². The van der Waals surface area contributed by atoms with E-state index in [1.165, 1.54) is 6.26 Å². The molecule has 100 valence electrons. The highest BCUT2D eigenvalue weighted by Crippen LogP contribution is 2.22. The average molecular weight is 261 g/mol. The predicted octanol–water partition coefficient (Wildman–Crippen LogP) is 1.27. The molecule has 0 aliphatic carbocycles. The van der Waals surface area contributed by atoms with Crippen LogP contribution < -0.4 is 0 Å². The van der Waals surface area contributed by atoms with E-state index >= 15 is 0 Å². The number of benzene rings is 1. The minimum absolute atomic E-state index is 0.0735. The van der Waals surface area contributed by atoms with Gasteiger partial charge in [-0.25, -0.2) is 0 Å². The Kier molecular flexibility index (Phi) is 3.23. The predicted molar refractivity (Wildman–Crippen MR) is 68.9 cm³/mol. The van der Waals surface area contributed by atoms with Crippen molar-refractivity contribution in [3.05, 3.63) is 36.1 Å². The molecule has 1 unspecified atom stereocenters. The summed E-state index contributed by atoms with van der Waals surface area (Å²) in [5.74, 6) is -0.0771. The summed E-state index contributed by atoms with van der Waals surface area (Å²) in [6, 6.07) is 7.46. The highest BCUT2D eigenvalue weighted by atomic mass is 16.5. The lowest BCUT2D eigenvalue weighted by atomic mass is 10.1. The average Bonchev–Trinajstić information content (AvgIpc) is 2.90. The van der Waals surface area contributed by atoms with Gasteiger partial charge in [-0.1, -0.05) is 18.2 Å². The monoisotopic (exact) mass is 261 g/mol. The topological polar surface area (TPSA) is 62.9 Å². The molecule has 5 heteroatoms. The second-order valence-corrected chi connectivity index (χ2v) is 4.57. The lowest BCUT2D eigenvalue weighted by Gasteiger charge is -2.31. The third kappa shape index (κ3) is 2.22. The lowest BCUT2D eigenvalue weighted by molar-refractivity contribution is -0.0447. The summed E-state index contributed by atoms with van der Waals surface area (Å²) in [5.41, 5.74) is 1.27. The number of aliphatic hydroxyl groups is 1. The van der Waals surface area contributed by atoms with Crippen LogP contribution >= 0.6 is 0 Å². The standard InChI is InChI=1S/C14H15NO4/c16-8-10-7-15(5-6-18-10)14(17)12-9-19-13-4-2-1-3-11(12)13/h1-4,9-10,16H,5-8H2. The molecule has 1 aromatic carbocycles. The van der Waals surface area contributed by atoms with Gasteiger partial charge in [0.25, 0.3) is 5.91 Å². The highest BCUT2D eigenvalue weighted by Gasteiger charge is 2.26. The molecule has 2 heterocycles. The zero-order chi connectivity index (χ0) is 13.2. The molecule has 2 aromatic rings. The normalized spacial score (nSPS) is 19.8. The van der Waals surface area contributed by atoms with Crippen LogP contribution in [0.5, 0.6) is 0 Å². The number of carbonyl (C=O) groups is 1. The Morgan fingerprint density at radius 1 is 1.42 bits per heavy atom. The molecule has 1 saturated heterocycles. The fourth-order valence-electron chi connectivity index (χ4n) is 2.33. The van der Waals surface area contributed by atoms with E-state index in [0.29, 0.717) is 30.8 Å². The highest BCUT2D eigenvalue weighted by molar-refractivity contribution is 6.05. The largest absolute Gasteiger partial charge is 0.463 e. The van der Waals surface area contributed by atoms with E-state index in [2.05, 4.69) is 0 Å². The molecule has 1 aliphatic rings. The number of morpholine rings is 1. The summed E-state index contributed by atoms with van der Waals surface area (Å²) < 4.78 is 10.7. The van der Waals surface area contributed by atoms with Crippen LogP contribution in [0.25, 0.3) is 11.0 Å². The fraction of sp³-hybridized carbons (Fsp3) is 0.357. The Hall–Kier alpha value is -1.85. The second-order valence-electron chi connectivity index (χ2n) is 4.57. The van der Waals surface area contributed by atoms with Gasteiger partial charge >= 0.3 is 0 Å². The van der Waals surface area contributed by atoms with Gasteiger partial charge in [-0.2, -0.15) is 0 Å². The fourth-order valence-corrected chi connectivity index (χ4v) is 2.33. The van der Waals surface area contributed by atoms with Crippen LogP contribution in [0.3, 0.4) is 0 Å². The summed E-state index contributed by atoms with van der Waals surface area (Å²) in [6.07, 6.45) is 1.20. The van der Waals surface area contributed by atoms with Gasteiger partial charge in [0.1, 0.15) is 11.8 Å². The van der Waals surface area contributed by atoms with Crippen molar-refractivity contribution >= 4 is 16.9 Å². The zero-order valence-corrected chi connectivity index (χ0v) is 10.4. The van der Waals surface area contributed by atoms with Crippen molar-refractivity contribution in [3.8, 4) is 0 Å². The van der Waals surface area contributed by atoms with Gasteiger partial charge in [0.15, 0.2) is 0 Å². The van der Waals surface area contributed by atoms with Crippen molar-refractivity contribution in [2.45, 2.75) is 6.10 Å². The van der Waals surface area contributed by atoms with Crippen LogP contribution in [0, 0.1) is 0 Å². The molecule has 19 heavy (non-hydrogen) atoms. The summed E-state index contributed by atoms with van der Waals surface area (Å²) in [6.45, 7) is 1.33. The van der Waals surface area contributed by atoms with Crippen molar-refractivity contribution in [2.75, 3.05) is 26.3 Å². The van der Waals surface area contributed by atoms with Crippen molar-refractivity contribution in [1.29, 1.82) is 0 Å². The molecule has 0 spiro atoms. The number of aliphatic hydroxyl groups excluding tert-OH is 1. The summed E-state index contributed by atoms with van der Waals surface area (Å²) >= 11 is 0. The molecule has 3 rings (SSSR count). The first-order chi connectivity index (χ1) is 9.29. The smallest absolute Gasteiger partial charge is 0.257 e. The first-order valence-electron chi connectivity index (χ1n) is 6.27. The number of ether oxygens (including phenoxy) is 1. The Morgan fingerprint density at radius 2 is 2.26 bits per heavy atom. The number of para-hydroxylation sites is 1. The van der Waals surface area contributed by atoms with Crippen molar-refractivity contribution in [3.63, 3.8) is 0 Å². The van der Waals surface area contributed by atoms with Crippen LogP contribution in [0.1, 0.15) is 10.4 Å². The van der Waals surface area contributed by atoms with Gasteiger partial charge in [0.2, 0.25) is 0 Å². The van der Waals surface area contributed by atoms with E-state index in [4.69, 9.17) is 14.3 Å². The van der Waals surface area contributed by atoms with E-state index in [9.17, 15) is 4.79 Å². The maximum Gasteiger partial charge on any atom is 0.257 e. The molecule has 1 N–H and O–H groups in total. The quantitative estimate of drug-likeness (QED) is 0.884. The molecule has 0 bridgehead atoms. The number of amides is 1. The molecule has 1 aliphatic heterocycles. The molecule has 0 radical (unpaired) electrons. The summed E-state index contributed by atoms with van der Waals surface area (Å²) in [7, 11) is 0. The van der Waals surface area contributed by atoms with Crippen LogP contribution in [0.2, 0.25) is 0 Å². The number of carbonyl (C=O) groups excluding carboxylic acids is 1.